The van der Waals surface area contributed by atoms with E-state index in [-0.39, 0.29) is 37.9 Å². The van der Waals surface area contributed by atoms with E-state index in [0.717, 1.165) is 4.31 Å². The van der Waals surface area contributed by atoms with Crippen LogP contribution < -0.4 is 0 Å². The zero-order chi connectivity index (χ0) is 20.3. The zero-order valence-electron chi connectivity index (χ0n) is 15.9. The molecule has 0 aromatic heterocycles. The molecule has 3 rings (SSSR count). The SMILES string of the molecule is CN(C)S(=O)(=O)N1CCN(C(=O)c2ccccc2C(=O)c2ccccc2)CC1. The van der Waals surface area contributed by atoms with Crippen LogP contribution in [-0.4, -0.2) is 73.9 Å². The average Bonchev–Trinajstić information content (AvgIpc) is 2.73. The van der Waals surface area contributed by atoms with Crippen molar-refractivity contribution >= 4 is 21.9 Å². The van der Waals surface area contributed by atoms with Crippen LogP contribution in [0.25, 0.3) is 0 Å². The predicted octanol–water partition coefficient (Wildman–Crippen LogP) is 1.48. The van der Waals surface area contributed by atoms with Crippen LogP contribution in [0.5, 0.6) is 0 Å². The Morgan fingerprint density at radius 1 is 0.821 bits per heavy atom. The summed E-state index contributed by atoms with van der Waals surface area (Å²) in [6.07, 6.45) is 0. The Bertz CT molecular complexity index is 966. The van der Waals surface area contributed by atoms with Crippen molar-refractivity contribution in [2.75, 3.05) is 40.3 Å². The number of hydrogen-bond acceptors (Lipinski definition) is 4. The van der Waals surface area contributed by atoms with Crippen LogP contribution in [0.2, 0.25) is 0 Å². The van der Waals surface area contributed by atoms with Gasteiger partial charge in [0.15, 0.2) is 5.78 Å². The van der Waals surface area contributed by atoms with E-state index in [0.29, 0.717) is 16.7 Å². The number of hydrogen-bond donors (Lipinski definition) is 0. The average molecular weight is 401 g/mol. The minimum Gasteiger partial charge on any atom is -0.336 e. The number of ketones is 1. The Morgan fingerprint density at radius 2 is 1.36 bits per heavy atom. The van der Waals surface area contributed by atoms with Gasteiger partial charge in [-0.05, 0) is 6.07 Å². The molecule has 1 heterocycles. The zero-order valence-corrected chi connectivity index (χ0v) is 16.7. The van der Waals surface area contributed by atoms with Gasteiger partial charge in [-0.3, -0.25) is 9.59 Å². The molecule has 0 aliphatic carbocycles. The van der Waals surface area contributed by atoms with Crippen molar-refractivity contribution in [1.29, 1.82) is 0 Å². The first-order chi connectivity index (χ1) is 13.3. The van der Waals surface area contributed by atoms with Crippen LogP contribution >= 0.6 is 0 Å². The summed E-state index contributed by atoms with van der Waals surface area (Å²) < 4.78 is 27.0. The highest BCUT2D eigenvalue weighted by atomic mass is 32.2. The Balaban J connectivity index is 1.79. The Kier molecular flexibility index (Phi) is 5.93. The normalized spacial score (nSPS) is 15.6. The van der Waals surface area contributed by atoms with Crippen LogP contribution in [0, 0.1) is 0 Å². The van der Waals surface area contributed by atoms with Gasteiger partial charge in [0, 0.05) is 51.4 Å². The summed E-state index contributed by atoms with van der Waals surface area (Å²) in [5.74, 6) is -0.472. The molecule has 1 fully saturated rings. The van der Waals surface area contributed by atoms with Crippen molar-refractivity contribution < 1.29 is 18.0 Å². The third-order valence-corrected chi connectivity index (χ3v) is 6.69. The lowest BCUT2D eigenvalue weighted by Crippen LogP contribution is -2.53. The highest BCUT2D eigenvalue weighted by Gasteiger charge is 2.31. The van der Waals surface area contributed by atoms with Crippen molar-refractivity contribution in [3.63, 3.8) is 0 Å². The summed E-state index contributed by atoms with van der Waals surface area (Å²) in [7, 11) is -0.528. The van der Waals surface area contributed by atoms with E-state index in [1.165, 1.54) is 18.4 Å². The van der Waals surface area contributed by atoms with E-state index >= 15 is 0 Å². The molecule has 148 valence electrons. The number of amides is 1. The molecule has 1 aliphatic rings. The summed E-state index contributed by atoms with van der Waals surface area (Å²) >= 11 is 0. The van der Waals surface area contributed by atoms with Gasteiger partial charge in [0.2, 0.25) is 0 Å². The van der Waals surface area contributed by atoms with E-state index in [4.69, 9.17) is 0 Å². The fourth-order valence-electron chi connectivity index (χ4n) is 3.14. The van der Waals surface area contributed by atoms with E-state index in [2.05, 4.69) is 0 Å². The Labute approximate surface area is 165 Å². The summed E-state index contributed by atoms with van der Waals surface area (Å²) in [6, 6.07) is 15.6. The minimum absolute atomic E-state index is 0.210. The second kappa shape index (κ2) is 8.22. The molecule has 0 unspecified atom stereocenters. The van der Waals surface area contributed by atoms with Crippen molar-refractivity contribution in [2.45, 2.75) is 0 Å². The van der Waals surface area contributed by atoms with Crippen LogP contribution in [0.4, 0.5) is 0 Å². The summed E-state index contributed by atoms with van der Waals surface area (Å²) in [6.45, 7) is 1.00. The minimum atomic E-state index is -3.50. The summed E-state index contributed by atoms with van der Waals surface area (Å²) in [5.41, 5.74) is 1.20. The molecular formula is C20H23N3O4S. The number of piperazine rings is 1. The van der Waals surface area contributed by atoms with Crippen LogP contribution in [0.1, 0.15) is 26.3 Å². The Hall–Kier alpha value is -2.55. The fourth-order valence-corrected chi connectivity index (χ4v) is 4.22. The molecule has 0 atom stereocenters. The van der Waals surface area contributed by atoms with E-state index in [1.54, 1.807) is 53.4 Å². The molecule has 8 heteroatoms. The van der Waals surface area contributed by atoms with Gasteiger partial charge in [-0.1, -0.05) is 48.5 Å². The van der Waals surface area contributed by atoms with Crippen LogP contribution in [0.15, 0.2) is 54.6 Å². The third kappa shape index (κ3) is 3.99. The van der Waals surface area contributed by atoms with Gasteiger partial charge in [-0.2, -0.15) is 17.0 Å². The molecule has 0 spiro atoms. The van der Waals surface area contributed by atoms with Crippen molar-refractivity contribution in [3.05, 3.63) is 71.3 Å². The summed E-state index contributed by atoms with van der Waals surface area (Å²) in [5, 5.41) is 0. The standard InChI is InChI=1S/C20H23N3O4S/c1-21(2)28(26,27)23-14-12-22(13-15-23)20(25)18-11-7-6-10-17(18)19(24)16-8-4-3-5-9-16/h3-11H,12-15H2,1-2H3. The molecular weight excluding hydrogens is 378 g/mol. The molecule has 2 aromatic rings. The Morgan fingerprint density at radius 3 is 1.93 bits per heavy atom. The van der Waals surface area contributed by atoms with Gasteiger partial charge in [0.1, 0.15) is 0 Å². The molecule has 0 saturated carbocycles. The molecule has 0 radical (unpaired) electrons. The maximum absolute atomic E-state index is 13.0. The second-order valence-electron chi connectivity index (χ2n) is 6.72. The first kappa shape index (κ1) is 20.2. The van der Waals surface area contributed by atoms with E-state index in [1.807, 2.05) is 6.07 Å². The van der Waals surface area contributed by atoms with E-state index in [9.17, 15) is 18.0 Å². The molecule has 1 amide bonds. The first-order valence-electron chi connectivity index (χ1n) is 8.98. The lowest BCUT2D eigenvalue weighted by Gasteiger charge is -2.35. The number of benzene rings is 2. The molecule has 2 aromatic carbocycles. The smallest absolute Gasteiger partial charge is 0.281 e. The molecule has 28 heavy (non-hydrogen) atoms. The van der Waals surface area contributed by atoms with Crippen molar-refractivity contribution in [2.24, 2.45) is 0 Å². The van der Waals surface area contributed by atoms with Crippen LogP contribution in [0.3, 0.4) is 0 Å². The number of rotatable bonds is 5. The van der Waals surface area contributed by atoms with Gasteiger partial charge in [0.25, 0.3) is 16.1 Å². The lowest BCUT2D eigenvalue weighted by molar-refractivity contribution is 0.0692. The molecule has 0 bridgehead atoms. The number of carbonyl (C=O) groups is 2. The van der Waals surface area contributed by atoms with Gasteiger partial charge < -0.3 is 4.90 Å². The monoisotopic (exact) mass is 401 g/mol. The van der Waals surface area contributed by atoms with Gasteiger partial charge in [-0.25, -0.2) is 0 Å². The van der Waals surface area contributed by atoms with Crippen molar-refractivity contribution in [3.8, 4) is 0 Å². The van der Waals surface area contributed by atoms with Gasteiger partial charge in [-0.15, -0.1) is 0 Å². The quantitative estimate of drug-likeness (QED) is 0.711. The maximum Gasteiger partial charge on any atom is 0.281 e. The van der Waals surface area contributed by atoms with Gasteiger partial charge in [0.05, 0.1) is 5.56 Å². The number of nitrogens with zero attached hydrogens (tertiary/aromatic N) is 3. The molecule has 1 saturated heterocycles. The molecule has 0 N–H and O–H groups in total. The maximum atomic E-state index is 13.0. The topological polar surface area (TPSA) is 78.0 Å². The third-order valence-electron chi connectivity index (χ3n) is 4.75. The summed E-state index contributed by atoms with van der Waals surface area (Å²) in [4.78, 5) is 27.5. The predicted molar refractivity (Wildman–Crippen MR) is 106 cm³/mol. The fraction of sp³-hybridized carbons (Fsp3) is 0.300. The number of carbonyl (C=O) groups excluding carboxylic acids is 2. The lowest BCUT2D eigenvalue weighted by atomic mass is 9.97. The highest BCUT2D eigenvalue weighted by Crippen LogP contribution is 2.18. The molecule has 7 nitrogen and oxygen atoms in total. The van der Waals surface area contributed by atoms with Crippen molar-refractivity contribution in [1.82, 2.24) is 13.5 Å². The highest BCUT2D eigenvalue weighted by molar-refractivity contribution is 7.86. The van der Waals surface area contributed by atoms with Gasteiger partial charge >= 0.3 is 0 Å². The largest absolute Gasteiger partial charge is 0.336 e. The van der Waals surface area contributed by atoms with E-state index < -0.39 is 10.2 Å². The molecule has 1 aliphatic heterocycles. The van der Waals surface area contributed by atoms with Crippen LogP contribution in [-0.2, 0) is 10.2 Å². The first-order valence-corrected chi connectivity index (χ1v) is 10.4. The second-order valence-corrected chi connectivity index (χ2v) is 8.86.